The molecule has 31 heavy (non-hydrogen) atoms. The van der Waals surface area contributed by atoms with Crippen LogP contribution in [0, 0.1) is 81.7 Å². The second-order valence-electron chi connectivity index (χ2n) is 13.9. The molecule has 12 rings (SSSR count). The lowest BCUT2D eigenvalue weighted by atomic mass is 9.33. The van der Waals surface area contributed by atoms with Crippen LogP contribution < -0.4 is 0 Å². The second-order valence-corrected chi connectivity index (χ2v) is 13.9. The summed E-state index contributed by atoms with van der Waals surface area (Å²) in [5, 5.41) is 0. The Balaban J connectivity index is 1.35. The van der Waals surface area contributed by atoms with Crippen molar-refractivity contribution in [1.82, 2.24) is 0 Å². The Labute approximate surface area is 203 Å². The Kier molecular flexibility index (Phi) is 2.33. The third kappa shape index (κ3) is 2.45. The Morgan fingerprint density at radius 3 is 1.32 bits per heavy atom. The maximum atomic E-state index is 10.8. The summed E-state index contributed by atoms with van der Waals surface area (Å²) in [7, 11) is 0. The highest BCUT2D eigenvalue weighted by molar-refractivity contribution is 5.29. The van der Waals surface area contributed by atoms with Crippen LogP contribution in [0.15, 0.2) is 0 Å². The highest BCUT2D eigenvalue weighted by Gasteiger charge is 2.67. The van der Waals surface area contributed by atoms with E-state index in [-0.39, 0.29) is 35.5 Å². The van der Waals surface area contributed by atoms with Crippen LogP contribution in [0.2, 0.25) is 0 Å². The van der Waals surface area contributed by atoms with Gasteiger partial charge in [-0.25, -0.2) is 0 Å². The minimum Gasteiger partial charge on any atom is -0.0475 e. The summed E-state index contributed by atoms with van der Waals surface area (Å²) in [6, 6.07) is 0. The van der Waals surface area contributed by atoms with E-state index in [2.05, 4.69) is 0 Å². The van der Waals surface area contributed by atoms with Gasteiger partial charge in [-0.15, -0.1) is 0 Å². The van der Waals surface area contributed by atoms with Crippen molar-refractivity contribution in [2.75, 3.05) is 0 Å². The molecule has 0 N–H and O–H groups in total. The lowest BCUT2D eigenvalue weighted by Crippen LogP contribution is -2.62. The van der Waals surface area contributed by atoms with Gasteiger partial charge >= 0.3 is 0 Å². The Hall–Kier alpha value is 0. The largest absolute Gasteiger partial charge is 0.0475 e. The fraction of sp³-hybridized carbons (Fsp3) is 0.968. The van der Waals surface area contributed by atoms with Gasteiger partial charge in [0, 0.05) is 12.3 Å². The molecule has 0 spiro atoms. The molecule has 12 aliphatic carbocycles. The van der Waals surface area contributed by atoms with Crippen LogP contribution in [-0.4, -0.2) is 0 Å². The van der Waals surface area contributed by atoms with Crippen molar-refractivity contribution in [1.29, 1.82) is 0 Å². The zero-order valence-electron chi connectivity index (χ0n) is 28.1. The molecule has 12 bridgehead atoms. The van der Waals surface area contributed by atoms with Crippen molar-refractivity contribution in [3.8, 4) is 0 Å². The molecule has 12 aliphatic rings. The highest BCUT2D eigenvalue weighted by atomic mass is 14.7. The van der Waals surface area contributed by atoms with Crippen molar-refractivity contribution >= 4 is 0 Å². The van der Waals surface area contributed by atoms with Crippen LogP contribution in [0.5, 0.6) is 0 Å². The summed E-state index contributed by atoms with van der Waals surface area (Å²) in [5.41, 5.74) is -2.32. The van der Waals surface area contributed by atoms with Gasteiger partial charge in [-0.2, -0.15) is 0 Å². The van der Waals surface area contributed by atoms with Crippen LogP contribution in [0.3, 0.4) is 0 Å². The summed E-state index contributed by atoms with van der Waals surface area (Å²) in [6.07, 6.45) is 5.71. The summed E-state index contributed by atoms with van der Waals surface area (Å²) >= 11 is 0. The van der Waals surface area contributed by atoms with Gasteiger partial charge in [0.15, 0.2) is 0 Å². The van der Waals surface area contributed by atoms with Crippen molar-refractivity contribution in [2.24, 2.45) is 75.8 Å². The molecule has 0 amide bonds. The van der Waals surface area contributed by atoms with E-state index in [0.717, 1.165) is 19.3 Å². The van der Waals surface area contributed by atoms with E-state index in [9.17, 15) is 12.3 Å². The lowest BCUT2D eigenvalue weighted by molar-refractivity contribution is -0.144. The normalized spacial score (nSPS) is 84.1. The molecule has 0 heterocycles. The standard InChI is InChI=1S/C31H45/c1-18-8-26-10-19(1)11-27(9-18)28(26)29(30-12-20-2-21(13-30)4-22(3-20)14-30)31-15-23-5-24(16-31)7-25(6-23)17-31/h18-28H,1-17H2/i12T2,15T2,20T,23T,26T,27T,28T. The second kappa shape index (κ2) is 5.97. The first-order chi connectivity index (χ1) is 18.5. The molecule has 0 aromatic carbocycles. The van der Waals surface area contributed by atoms with Crippen LogP contribution >= 0.6 is 0 Å². The minimum absolute atomic E-state index is 0.192. The molecule has 0 nitrogen and oxygen atoms in total. The van der Waals surface area contributed by atoms with Gasteiger partial charge in [0.1, 0.15) is 0 Å². The summed E-state index contributed by atoms with van der Waals surface area (Å²) in [5.74, 6) is -4.77. The smallest absolute Gasteiger partial charge is 0.0315 e. The fourth-order valence-corrected chi connectivity index (χ4v) is 11.7. The molecule has 0 heteroatoms. The first kappa shape index (κ1) is 12.1. The predicted molar refractivity (Wildman–Crippen MR) is 125 cm³/mol. The van der Waals surface area contributed by atoms with E-state index in [4.69, 9.17) is 0 Å². The van der Waals surface area contributed by atoms with E-state index in [1.54, 1.807) is 0 Å². The van der Waals surface area contributed by atoms with Crippen molar-refractivity contribution < 1.29 is 12.3 Å². The third-order valence-electron chi connectivity index (χ3n) is 11.6. The van der Waals surface area contributed by atoms with Gasteiger partial charge in [-0.1, -0.05) is 0 Å². The SMILES string of the molecule is [3H]C12CC3CC(C1)CC([C](C14CC5CC(CC([3H])(C5)C1([3H])[3H])C4)C1([3H])C4([3H])CC5CC(C4)CC1([3H])C5)(C3)C2([3H])[3H]. The Bertz CT molecular complexity index is 1050. The average molecular weight is 436 g/mol. The molecular formula is C31H45. The molecule has 4 atom stereocenters. The van der Waals surface area contributed by atoms with Crippen molar-refractivity contribution in [3.05, 3.63) is 5.92 Å². The zero-order valence-corrected chi connectivity index (χ0v) is 19.1. The highest BCUT2D eigenvalue weighted by Crippen LogP contribution is 2.76. The maximum absolute atomic E-state index is 10.8. The van der Waals surface area contributed by atoms with E-state index >= 15 is 0 Å². The first-order valence-electron chi connectivity index (χ1n) is 18.3. The molecule has 0 aromatic rings. The van der Waals surface area contributed by atoms with Crippen molar-refractivity contribution in [3.63, 3.8) is 0 Å². The summed E-state index contributed by atoms with van der Waals surface area (Å²) in [6.45, 7) is 0. The Morgan fingerprint density at radius 1 is 0.516 bits per heavy atom. The lowest BCUT2D eigenvalue weighted by Gasteiger charge is -2.71. The van der Waals surface area contributed by atoms with Crippen LogP contribution in [-0.2, 0) is 0 Å². The molecule has 0 saturated heterocycles. The maximum Gasteiger partial charge on any atom is 0.0315 e. The predicted octanol–water partition coefficient (Wildman–Crippen LogP) is 8.07. The number of hydrogen-bond acceptors (Lipinski definition) is 0. The fourth-order valence-electron chi connectivity index (χ4n) is 11.7. The first-order valence-corrected chi connectivity index (χ1v) is 13.8. The van der Waals surface area contributed by atoms with E-state index < -0.39 is 53.0 Å². The van der Waals surface area contributed by atoms with Crippen LogP contribution in [0.1, 0.15) is 121 Å². The summed E-state index contributed by atoms with van der Waals surface area (Å²) in [4.78, 5) is 0. The van der Waals surface area contributed by atoms with Gasteiger partial charge in [0.25, 0.3) is 0 Å². The topological polar surface area (TPSA) is 0 Å². The van der Waals surface area contributed by atoms with Crippen molar-refractivity contribution in [2.45, 2.75) is 109 Å². The van der Waals surface area contributed by atoms with E-state index in [0.29, 0.717) is 83.0 Å². The van der Waals surface area contributed by atoms with Crippen LogP contribution in [0.25, 0.3) is 0 Å². The summed E-state index contributed by atoms with van der Waals surface area (Å²) < 4.78 is 89.8. The quantitative estimate of drug-likeness (QED) is 0.420. The molecule has 12 saturated carbocycles. The molecular weight excluding hydrogens is 372 g/mol. The van der Waals surface area contributed by atoms with E-state index in [1.807, 2.05) is 0 Å². The molecule has 0 aliphatic heterocycles. The van der Waals surface area contributed by atoms with Gasteiger partial charge in [0.2, 0.25) is 0 Å². The monoisotopic (exact) mass is 435 g/mol. The molecule has 1 radical (unpaired) electrons. The Morgan fingerprint density at radius 2 is 0.903 bits per heavy atom. The molecule has 4 unspecified atom stereocenters. The average Bonchev–Trinajstić information content (AvgIpc) is 2.78. The molecule has 169 valence electrons. The zero-order chi connectivity index (χ0) is 28.1. The number of hydrogen-bond donors (Lipinski definition) is 0. The van der Waals surface area contributed by atoms with Gasteiger partial charge in [0.05, 0.1) is 0 Å². The molecule has 0 aromatic heterocycles. The van der Waals surface area contributed by atoms with Gasteiger partial charge in [-0.05, 0) is 191 Å². The molecule has 12 fully saturated rings. The van der Waals surface area contributed by atoms with Gasteiger partial charge in [-0.3, -0.25) is 0 Å². The number of rotatable bonds is 3. The third-order valence-corrected chi connectivity index (χ3v) is 11.6. The van der Waals surface area contributed by atoms with Gasteiger partial charge < -0.3 is 0 Å². The van der Waals surface area contributed by atoms with Crippen LogP contribution in [0.4, 0.5) is 0 Å². The minimum atomic E-state index is -1.94. The van der Waals surface area contributed by atoms with E-state index in [1.165, 1.54) is 0 Å².